The van der Waals surface area contributed by atoms with Gasteiger partial charge in [0.15, 0.2) is 0 Å². The molecule has 3 rings (SSSR count). The van der Waals surface area contributed by atoms with Crippen molar-refractivity contribution < 1.29 is 4.42 Å². The minimum atomic E-state index is 0.777. The van der Waals surface area contributed by atoms with Gasteiger partial charge in [-0.25, -0.2) is 9.98 Å². The molecule has 1 aromatic heterocycles. The maximum Gasteiger partial charge on any atom is 0.148 e. The fraction of sp³-hybridized carbons (Fsp3) is 0.400. The van der Waals surface area contributed by atoms with Gasteiger partial charge >= 0.3 is 0 Å². The highest BCUT2D eigenvalue weighted by atomic mass is 16.3. The second-order valence-corrected chi connectivity index (χ2v) is 9.51. The third kappa shape index (κ3) is 4.34. The molecule has 0 aliphatic heterocycles. The van der Waals surface area contributed by atoms with Gasteiger partial charge in [-0.2, -0.15) is 0 Å². The van der Waals surface area contributed by atoms with Crippen LogP contribution in [-0.4, -0.2) is 11.4 Å². The van der Waals surface area contributed by atoms with E-state index in [1.807, 2.05) is 26.0 Å². The van der Waals surface area contributed by atoms with Gasteiger partial charge in [0, 0.05) is 0 Å². The zero-order valence-corrected chi connectivity index (χ0v) is 22.5. The third-order valence-electron chi connectivity index (χ3n) is 7.80. The highest BCUT2D eigenvalue weighted by Gasteiger charge is 2.15. The van der Waals surface area contributed by atoms with Gasteiger partial charge in [-0.05, 0) is 151 Å². The van der Waals surface area contributed by atoms with Crippen molar-refractivity contribution in [3.8, 4) is 0 Å². The lowest BCUT2D eigenvalue weighted by Crippen LogP contribution is -1.99. The van der Waals surface area contributed by atoms with E-state index in [1.54, 1.807) is 0 Å². The normalized spacial score (nSPS) is 12.6. The summed E-state index contributed by atoms with van der Waals surface area (Å²) in [6.45, 7) is 25.7. The van der Waals surface area contributed by atoms with Crippen LogP contribution in [0.2, 0.25) is 0 Å². The Kier molecular flexibility index (Phi) is 6.83. The molecular weight excluding hydrogens is 404 g/mol. The van der Waals surface area contributed by atoms with Crippen LogP contribution in [-0.2, 0) is 0 Å². The fourth-order valence-corrected chi connectivity index (χ4v) is 4.47. The number of furan rings is 1. The van der Waals surface area contributed by atoms with Gasteiger partial charge in [0.1, 0.15) is 11.5 Å². The first-order chi connectivity index (χ1) is 15.4. The van der Waals surface area contributed by atoms with Crippen molar-refractivity contribution in [3.05, 3.63) is 79.3 Å². The topological polar surface area (TPSA) is 37.9 Å². The number of hydrogen-bond acceptors (Lipinski definition) is 3. The van der Waals surface area contributed by atoms with E-state index in [0.717, 1.165) is 34.3 Å². The monoisotopic (exact) mass is 442 g/mol. The second kappa shape index (κ2) is 9.13. The molecule has 2 aromatic carbocycles. The zero-order valence-electron chi connectivity index (χ0n) is 22.5. The summed E-state index contributed by atoms with van der Waals surface area (Å²) >= 11 is 0. The lowest BCUT2D eigenvalue weighted by Gasteiger charge is -2.16. The molecule has 0 saturated heterocycles. The molecule has 0 amide bonds. The molecule has 174 valence electrons. The van der Waals surface area contributed by atoms with Crippen LogP contribution in [0.25, 0.3) is 0 Å². The molecule has 0 fully saturated rings. The van der Waals surface area contributed by atoms with Crippen LogP contribution in [0.1, 0.15) is 81.0 Å². The number of nitrogens with zero attached hydrogens (tertiary/aromatic N) is 2. The van der Waals surface area contributed by atoms with E-state index in [4.69, 9.17) is 14.4 Å². The van der Waals surface area contributed by atoms with E-state index in [9.17, 15) is 0 Å². The lowest BCUT2D eigenvalue weighted by atomic mass is 9.93. The van der Waals surface area contributed by atoms with Gasteiger partial charge in [-0.15, -0.1) is 0 Å². The van der Waals surface area contributed by atoms with Gasteiger partial charge in [-0.1, -0.05) is 0 Å². The van der Waals surface area contributed by atoms with Crippen LogP contribution in [0.4, 0.5) is 11.4 Å². The SMILES string of the molecule is CC(=Nc1c(C)c(C)c(C)c(C)c1C)c1ccc(C(C)=Nc2c(C)c(C)c(C)c(C)c2C)o1. The smallest absolute Gasteiger partial charge is 0.148 e. The molecule has 0 saturated carbocycles. The number of benzene rings is 2. The first-order valence-corrected chi connectivity index (χ1v) is 11.7. The molecule has 0 N–H and O–H groups in total. The van der Waals surface area contributed by atoms with Gasteiger partial charge in [0.05, 0.1) is 22.8 Å². The summed E-state index contributed by atoms with van der Waals surface area (Å²) in [7, 11) is 0. The molecule has 0 spiro atoms. The average molecular weight is 443 g/mol. The zero-order chi connectivity index (χ0) is 24.8. The van der Waals surface area contributed by atoms with E-state index >= 15 is 0 Å². The highest BCUT2D eigenvalue weighted by molar-refractivity contribution is 6.02. The molecule has 0 aliphatic rings. The molecule has 3 heteroatoms. The lowest BCUT2D eigenvalue weighted by molar-refractivity contribution is 0.547. The van der Waals surface area contributed by atoms with Crippen molar-refractivity contribution in [1.82, 2.24) is 0 Å². The summed E-state index contributed by atoms with van der Waals surface area (Å²) in [5.74, 6) is 1.55. The molecule has 33 heavy (non-hydrogen) atoms. The molecular formula is C30H38N2O. The Balaban J connectivity index is 2.02. The van der Waals surface area contributed by atoms with Crippen molar-refractivity contribution in [1.29, 1.82) is 0 Å². The van der Waals surface area contributed by atoms with Crippen LogP contribution >= 0.6 is 0 Å². The first-order valence-electron chi connectivity index (χ1n) is 11.7. The predicted octanol–water partition coefficient (Wildman–Crippen LogP) is 8.65. The molecule has 0 atom stereocenters. The third-order valence-corrected chi connectivity index (χ3v) is 7.80. The van der Waals surface area contributed by atoms with Crippen LogP contribution in [0.3, 0.4) is 0 Å². The summed E-state index contributed by atoms with van der Waals surface area (Å²) in [6.07, 6.45) is 0. The van der Waals surface area contributed by atoms with Gasteiger partial charge in [-0.3, -0.25) is 0 Å². The molecule has 1 heterocycles. The average Bonchev–Trinajstić information content (AvgIpc) is 3.30. The van der Waals surface area contributed by atoms with Crippen molar-refractivity contribution in [3.63, 3.8) is 0 Å². The molecule has 0 aliphatic carbocycles. The predicted molar refractivity (Wildman–Crippen MR) is 143 cm³/mol. The number of aliphatic imine (C=N–C) groups is 2. The van der Waals surface area contributed by atoms with Crippen LogP contribution < -0.4 is 0 Å². The number of rotatable bonds is 4. The minimum Gasteiger partial charge on any atom is -0.454 e. The summed E-state index contributed by atoms with van der Waals surface area (Å²) < 4.78 is 6.22. The number of hydrogen-bond donors (Lipinski definition) is 0. The van der Waals surface area contributed by atoms with Crippen LogP contribution in [0.5, 0.6) is 0 Å². The molecule has 0 unspecified atom stereocenters. The molecule has 3 aromatic rings. The Morgan fingerprint density at radius 1 is 0.455 bits per heavy atom. The van der Waals surface area contributed by atoms with E-state index in [1.165, 1.54) is 55.6 Å². The quantitative estimate of drug-likeness (QED) is 0.372. The maximum atomic E-state index is 6.22. The maximum absolute atomic E-state index is 6.22. The van der Waals surface area contributed by atoms with Gasteiger partial charge in [0.25, 0.3) is 0 Å². The minimum absolute atomic E-state index is 0.777. The van der Waals surface area contributed by atoms with Crippen molar-refractivity contribution >= 4 is 22.8 Å². The summed E-state index contributed by atoms with van der Waals surface area (Å²) in [5, 5.41) is 0. The van der Waals surface area contributed by atoms with Crippen LogP contribution in [0.15, 0.2) is 26.5 Å². The van der Waals surface area contributed by atoms with E-state index in [2.05, 4.69) is 69.2 Å². The summed E-state index contributed by atoms with van der Waals surface area (Å²) in [5.41, 5.74) is 16.7. The van der Waals surface area contributed by atoms with Crippen molar-refractivity contribution in [2.45, 2.75) is 83.1 Å². The van der Waals surface area contributed by atoms with Crippen molar-refractivity contribution in [2.75, 3.05) is 0 Å². The highest BCUT2D eigenvalue weighted by Crippen LogP contribution is 2.34. The Morgan fingerprint density at radius 3 is 0.970 bits per heavy atom. The van der Waals surface area contributed by atoms with E-state index < -0.39 is 0 Å². The molecule has 0 radical (unpaired) electrons. The van der Waals surface area contributed by atoms with Crippen LogP contribution in [0, 0.1) is 69.2 Å². The Hall–Kier alpha value is -2.94. The van der Waals surface area contributed by atoms with E-state index in [-0.39, 0.29) is 0 Å². The van der Waals surface area contributed by atoms with Crippen molar-refractivity contribution in [2.24, 2.45) is 9.98 Å². The van der Waals surface area contributed by atoms with Gasteiger partial charge < -0.3 is 4.42 Å². The van der Waals surface area contributed by atoms with E-state index in [0.29, 0.717) is 0 Å². The Labute approximate surface area is 199 Å². The first kappa shape index (κ1) is 24.7. The Bertz CT molecular complexity index is 1160. The largest absolute Gasteiger partial charge is 0.454 e. The van der Waals surface area contributed by atoms with Gasteiger partial charge in [0.2, 0.25) is 0 Å². The molecule has 0 bridgehead atoms. The molecule has 3 nitrogen and oxygen atoms in total. The summed E-state index contributed by atoms with van der Waals surface area (Å²) in [6, 6.07) is 3.99. The standard InChI is InChI=1S/C30H38N2O/c1-15-17(3)21(7)29(22(8)18(15)4)31-25(11)27-13-14-28(33-27)26(12)32-30-23(9)19(5)16(2)20(6)24(30)10/h13-14H,1-12H3. The fourth-order valence-electron chi connectivity index (χ4n) is 4.47. The Morgan fingerprint density at radius 2 is 0.697 bits per heavy atom. The summed E-state index contributed by atoms with van der Waals surface area (Å²) in [4.78, 5) is 9.98. The second-order valence-electron chi connectivity index (χ2n) is 9.51.